The molecule has 0 aliphatic heterocycles. The lowest BCUT2D eigenvalue weighted by Crippen LogP contribution is -2.05. The van der Waals surface area contributed by atoms with Crippen LogP contribution >= 0.6 is 47.6 Å². The molecule has 0 N–H and O–H groups in total. The number of benzene rings is 2. The summed E-state index contributed by atoms with van der Waals surface area (Å²) in [5.41, 5.74) is 5.35. The van der Waals surface area contributed by atoms with Crippen molar-refractivity contribution < 1.29 is 18.9 Å². The van der Waals surface area contributed by atoms with Gasteiger partial charge in [0.15, 0.2) is 5.05 Å². The van der Waals surface area contributed by atoms with Crippen LogP contribution in [-0.2, 0) is 16.1 Å². The molecule has 0 spiro atoms. The van der Waals surface area contributed by atoms with E-state index in [0.29, 0.717) is 32.2 Å². The fourth-order valence-electron chi connectivity index (χ4n) is 3.53. The summed E-state index contributed by atoms with van der Waals surface area (Å²) in [6.07, 6.45) is 6.43. The van der Waals surface area contributed by atoms with Crippen LogP contribution in [0, 0.1) is 0 Å². The Labute approximate surface area is 216 Å². The summed E-state index contributed by atoms with van der Waals surface area (Å²) in [6.45, 7) is 2.42. The van der Waals surface area contributed by atoms with Crippen LogP contribution in [0.4, 0.5) is 0 Å². The minimum Gasteiger partial charge on any atom is -0.495 e. The molecule has 0 heterocycles. The van der Waals surface area contributed by atoms with Gasteiger partial charge in [-0.05, 0) is 78.2 Å². The van der Waals surface area contributed by atoms with Gasteiger partial charge in [-0.1, -0.05) is 49.0 Å². The van der Waals surface area contributed by atoms with Gasteiger partial charge in [0.05, 0.1) is 36.9 Å². The lowest BCUT2D eigenvalue weighted by Gasteiger charge is -2.18. The van der Waals surface area contributed by atoms with Crippen LogP contribution in [0.25, 0.3) is 5.57 Å². The maximum atomic E-state index is 6.58. The molecular weight excluding hydrogens is 499 g/mol. The zero-order valence-corrected chi connectivity index (χ0v) is 22.3. The lowest BCUT2D eigenvalue weighted by molar-refractivity contribution is 0.304. The number of unbranched alkanes of at least 4 members (excludes halogenated alkanes) is 3. The van der Waals surface area contributed by atoms with Gasteiger partial charge in [-0.2, -0.15) is 0 Å². The number of halogens is 2. The summed E-state index contributed by atoms with van der Waals surface area (Å²) in [5.74, 6) is 1.03. The largest absolute Gasteiger partial charge is 0.495 e. The number of hydrogen-bond donors (Lipinski definition) is 0. The number of rotatable bonds is 12. The van der Waals surface area contributed by atoms with Crippen molar-refractivity contribution in [3.05, 3.63) is 62.6 Å². The van der Waals surface area contributed by atoms with E-state index >= 15 is 0 Å². The Bertz CT molecular complexity index is 1020. The fraction of sp³-hybridized carbons (Fsp3) is 0.360. The van der Waals surface area contributed by atoms with Gasteiger partial charge in [0.2, 0.25) is 0 Å². The zero-order chi connectivity index (χ0) is 24.4. The third-order valence-electron chi connectivity index (χ3n) is 5.06. The minimum atomic E-state index is 0.242. The molecule has 178 valence electrons. The molecule has 2 aromatic rings. The Kier molecular flexibility index (Phi) is 11.4. The average molecular weight is 528 g/mol. The first kappa shape index (κ1) is 27.4. The van der Waals surface area contributed by atoms with Crippen molar-refractivity contribution in [2.75, 3.05) is 21.3 Å². The second-order valence-corrected chi connectivity index (χ2v) is 8.58. The van der Waals surface area contributed by atoms with Gasteiger partial charge in [-0.25, -0.2) is 0 Å². The second-order valence-electron chi connectivity index (χ2n) is 7.20. The van der Waals surface area contributed by atoms with E-state index in [-0.39, 0.29) is 6.61 Å². The van der Waals surface area contributed by atoms with Crippen molar-refractivity contribution in [2.24, 2.45) is 0 Å². The van der Waals surface area contributed by atoms with Crippen molar-refractivity contribution in [1.82, 2.24) is 0 Å². The molecule has 0 aliphatic carbocycles. The summed E-state index contributed by atoms with van der Waals surface area (Å²) in [5, 5.41) is 1.21. The Morgan fingerprint density at radius 2 is 1.58 bits per heavy atom. The Balaban J connectivity index is 2.71. The molecule has 4 nitrogen and oxygen atoms in total. The van der Waals surface area contributed by atoms with Crippen molar-refractivity contribution in [1.29, 1.82) is 0 Å². The molecule has 0 radical (unpaired) electrons. The monoisotopic (exact) mass is 526 g/mol. The molecule has 0 unspecified atom stereocenters. The predicted molar refractivity (Wildman–Crippen MR) is 144 cm³/mol. The Hall–Kier alpha value is -1.86. The molecule has 0 saturated heterocycles. The second kappa shape index (κ2) is 13.8. The zero-order valence-electron chi connectivity index (χ0n) is 19.2. The molecule has 2 rings (SSSR count). The quantitative estimate of drug-likeness (QED) is 0.207. The number of thiocarbonyl (C=S) groups is 2. The molecular formula is C25H28Cl2O4S2. The van der Waals surface area contributed by atoms with Crippen LogP contribution < -0.4 is 9.47 Å². The molecule has 0 atom stereocenters. The van der Waals surface area contributed by atoms with E-state index in [0.717, 1.165) is 47.9 Å². The summed E-state index contributed by atoms with van der Waals surface area (Å²) in [4.78, 5) is 0. The van der Waals surface area contributed by atoms with Gasteiger partial charge in [0, 0.05) is 5.56 Å². The summed E-state index contributed by atoms with van der Waals surface area (Å²) >= 11 is 23.4. The predicted octanol–water partition coefficient (Wildman–Crippen LogP) is 7.82. The third-order valence-corrected chi connectivity index (χ3v) is 6.15. The van der Waals surface area contributed by atoms with E-state index in [4.69, 9.17) is 66.6 Å². The highest BCUT2D eigenvalue weighted by molar-refractivity contribution is 7.80. The fourth-order valence-corrected chi connectivity index (χ4v) is 4.36. The van der Waals surface area contributed by atoms with Gasteiger partial charge < -0.3 is 18.9 Å². The molecule has 8 heteroatoms. The van der Waals surface area contributed by atoms with Gasteiger partial charge in [0.25, 0.3) is 0 Å². The van der Waals surface area contributed by atoms with Gasteiger partial charge in [0.1, 0.15) is 23.7 Å². The smallest absolute Gasteiger partial charge is 0.194 e. The van der Waals surface area contributed by atoms with Gasteiger partial charge >= 0.3 is 0 Å². The number of ether oxygens (including phenoxy) is 4. The maximum Gasteiger partial charge on any atom is 0.194 e. The summed E-state index contributed by atoms with van der Waals surface area (Å²) in [7, 11) is 4.65. The number of allylic oxidation sites excluding steroid dienone is 1. The minimum absolute atomic E-state index is 0.242. The Morgan fingerprint density at radius 1 is 0.939 bits per heavy atom. The van der Waals surface area contributed by atoms with E-state index in [1.807, 2.05) is 24.3 Å². The van der Waals surface area contributed by atoms with Crippen LogP contribution in [0.2, 0.25) is 10.0 Å². The molecule has 0 aromatic heterocycles. The van der Waals surface area contributed by atoms with E-state index in [1.165, 1.54) is 12.7 Å². The molecule has 2 aromatic carbocycles. The number of methoxy groups -OCH3 is 3. The van der Waals surface area contributed by atoms with E-state index in [9.17, 15) is 0 Å². The number of hydrogen-bond acceptors (Lipinski definition) is 6. The van der Waals surface area contributed by atoms with E-state index < -0.39 is 0 Å². The van der Waals surface area contributed by atoms with Crippen molar-refractivity contribution in [2.45, 2.75) is 39.2 Å². The first-order chi connectivity index (χ1) is 15.9. The van der Waals surface area contributed by atoms with Crippen molar-refractivity contribution in [3.8, 4) is 11.5 Å². The van der Waals surface area contributed by atoms with Crippen LogP contribution in [0.5, 0.6) is 11.5 Å². The van der Waals surface area contributed by atoms with E-state index in [1.54, 1.807) is 14.2 Å². The normalized spacial score (nSPS) is 11.2. The third kappa shape index (κ3) is 7.06. The first-order valence-electron chi connectivity index (χ1n) is 10.5. The molecule has 0 bridgehead atoms. The highest BCUT2D eigenvalue weighted by Crippen LogP contribution is 2.39. The van der Waals surface area contributed by atoms with E-state index in [2.05, 4.69) is 13.0 Å². The van der Waals surface area contributed by atoms with Crippen LogP contribution in [0.1, 0.15) is 54.9 Å². The lowest BCUT2D eigenvalue weighted by atomic mass is 9.93. The van der Waals surface area contributed by atoms with Gasteiger partial charge in [-0.15, -0.1) is 0 Å². The Morgan fingerprint density at radius 3 is 2.15 bits per heavy atom. The summed E-state index contributed by atoms with van der Waals surface area (Å²) < 4.78 is 21.6. The average Bonchev–Trinajstić information content (AvgIpc) is 2.81. The molecule has 33 heavy (non-hydrogen) atoms. The van der Waals surface area contributed by atoms with Crippen LogP contribution in [0.15, 0.2) is 30.3 Å². The van der Waals surface area contributed by atoms with Crippen molar-refractivity contribution >= 4 is 63.8 Å². The van der Waals surface area contributed by atoms with Gasteiger partial charge in [-0.3, -0.25) is 0 Å². The topological polar surface area (TPSA) is 36.9 Å². The summed E-state index contributed by atoms with van der Waals surface area (Å²) in [6, 6.07) is 7.65. The highest BCUT2D eigenvalue weighted by Gasteiger charge is 2.19. The molecule has 0 amide bonds. The first-order valence-corrected chi connectivity index (χ1v) is 12.1. The standard InChI is InChI=1S/C25H28Cl2O4S2/c1-5-6-7-8-9-19(16-10-18(14-31-15-32)23(28-2)21(26)12-16)17-11-20(25(33)30-4)24(29-3)22(27)13-17/h9-13,15H,5-8,14H2,1-4H3/b19-9-. The van der Waals surface area contributed by atoms with Crippen LogP contribution in [-0.4, -0.2) is 31.9 Å². The molecule has 0 fully saturated rings. The molecule has 0 aliphatic rings. The van der Waals surface area contributed by atoms with Crippen LogP contribution in [0.3, 0.4) is 0 Å². The highest BCUT2D eigenvalue weighted by atomic mass is 35.5. The van der Waals surface area contributed by atoms with Crippen molar-refractivity contribution in [3.63, 3.8) is 0 Å². The maximum absolute atomic E-state index is 6.58. The SMILES string of the molecule is CCCCC/C=C(/c1cc(Cl)c(OC)c(COC=S)c1)c1cc(Cl)c(OC)c(C(=S)OC)c1. The molecule has 0 saturated carbocycles.